The van der Waals surface area contributed by atoms with Gasteiger partial charge in [0.15, 0.2) is 0 Å². The molecule has 1 saturated heterocycles. The summed E-state index contributed by atoms with van der Waals surface area (Å²) in [6, 6.07) is 0.686. The van der Waals surface area contributed by atoms with E-state index < -0.39 is 5.60 Å². The molecule has 2 unspecified atom stereocenters. The van der Waals surface area contributed by atoms with Gasteiger partial charge in [0.1, 0.15) is 5.60 Å². The fraction of sp³-hybridized carbons (Fsp3) is 0.944. The lowest BCUT2D eigenvalue weighted by molar-refractivity contribution is 0.0501. The molecule has 23 heavy (non-hydrogen) atoms. The first-order valence-electron chi connectivity index (χ1n) is 9.29. The molecule has 2 atom stereocenters. The number of carbonyl (C=O) groups is 1. The fourth-order valence-electron chi connectivity index (χ4n) is 2.98. The molecule has 5 heteroatoms. The molecular weight excluding hydrogens is 290 g/mol. The lowest BCUT2D eigenvalue weighted by Gasteiger charge is -2.25. The van der Waals surface area contributed by atoms with Gasteiger partial charge in [-0.05, 0) is 72.5 Å². The van der Waals surface area contributed by atoms with Crippen LogP contribution >= 0.6 is 0 Å². The molecule has 5 nitrogen and oxygen atoms in total. The average molecular weight is 328 g/mol. The maximum Gasteiger partial charge on any atom is 0.407 e. The minimum absolute atomic E-state index is 0.125. The van der Waals surface area contributed by atoms with Gasteiger partial charge in [-0.25, -0.2) is 4.79 Å². The summed E-state index contributed by atoms with van der Waals surface area (Å²) >= 11 is 0. The molecule has 0 aliphatic carbocycles. The Balaban J connectivity index is 2.32. The van der Waals surface area contributed by atoms with Crippen LogP contribution in [0.2, 0.25) is 0 Å². The van der Waals surface area contributed by atoms with Gasteiger partial charge in [0.05, 0.1) is 0 Å². The predicted octanol–water partition coefficient (Wildman–Crippen LogP) is 3.14. The molecule has 0 radical (unpaired) electrons. The zero-order chi connectivity index (χ0) is 17.3. The smallest absolute Gasteiger partial charge is 0.407 e. The Labute approximate surface area is 142 Å². The number of ether oxygens (including phenoxy) is 1. The molecule has 0 aromatic heterocycles. The summed E-state index contributed by atoms with van der Waals surface area (Å²) in [4.78, 5) is 14.4. The SMILES string of the molecule is CCCN1CCCC(NCC(CC)NC(=O)OC(C)(C)C)CC1. The Morgan fingerprint density at radius 1 is 1.26 bits per heavy atom. The van der Waals surface area contributed by atoms with Crippen molar-refractivity contribution in [3.8, 4) is 0 Å². The van der Waals surface area contributed by atoms with Crippen LogP contribution in [0.3, 0.4) is 0 Å². The van der Waals surface area contributed by atoms with Crippen LogP contribution in [0.15, 0.2) is 0 Å². The third-order valence-corrected chi connectivity index (χ3v) is 4.23. The summed E-state index contributed by atoms with van der Waals surface area (Å²) in [5.74, 6) is 0. The number of alkyl carbamates (subject to hydrolysis) is 1. The van der Waals surface area contributed by atoms with E-state index in [0.717, 1.165) is 13.0 Å². The number of nitrogens with zero attached hydrogens (tertiary/aromatic N) is 1. The molecule has 1 amide bonds. The van der Waals surface area contributed by atoms with Crippen molar-refractivity contribution in [3.63, 3.8) is 0 Å². The van der Waals surface area contributed by atoms with Crippen molar-refractivity contribution in [2.24, 2.45) is 0 Å². The molecule has 1 fully saturated rings. The molecule has 0 aromatic carbocycles. The summed E-state index contributed by atoms with van der Waals surface area (Å²) in [6.07, 6.45) is 5.50. The number of hydrogen-bond acceptors (Lipinski definition) is 4. The highest BCUT2D eigenvalue weighted by Gasteiger charge is 2.20. The minimum atomic E-state index is -0.445. The second-order valence-electron chi connectivity index (χ2n) is 7.63. The van der Waals surface area contributed by atoms with E-state index in [4.69, 9.17) is 4.74 Å². The van der Waals surface area contributed by atoms with Gasteiger partial charge in [-0.2, -0.15) is 0 Å². The average Bonchev–Trinajstić information content (AvgIpc) is 2.67. The van der Waals surface area contributed by atoms with Crippen LogP contribution in [0.4, 0.5) is 4.79 Å². The number of hydrogen-bond donors (Lipinski definition) is 2. The molecule has 1 aliphatic rings. The molecule has 0 bridgehead atoms. The summed E-state index contributed by atoms with van der Waals surface area (Å²) < 4.78 is 5.34. The largest absolute Gasteiger partial charge is 0.444 e. The maximum atomic E-state index is 11.9. The fourth-order valence-corrected chi connectivity index (χ4v) is 2.98. The molecule has 2 N–H and O–H groups in total. The lowest BCUT2D eigenvalue weighted by Crippen LogP contribution is -2.46. The third-order valence-electron chi connectivity index (χ3n) is 4.23. The normalized spacial score (nSPS) is 21.5. The number of rotatable bonds is 7. The van der Waals surface area contributed by atoms with Crippen molar-refractivity contribution in [1.29, 1.82) is 0 Å². The number of amides is 1. The molecule has 0 saturated carbocycles. The zero-order valence-electron chi connectivity index (χ0n) is 15.8. The quantitative estimate of drug-likeness (QED) is 0.754. The highest BCUT2D eigenvalue weighted by molar-refractivity contribution is 5.68. The van der Waals surface area contributed by atoms with Crippen molar-refractivity contribution in [1.82, 2.24) is 15.5 Å². The van der Waals surface area contributed by atoms with Gasteiger partial charge >= 0.3 is 6.09 Å². The third kappa shape index (κ3) is 9.16. The Kier molecular flexibility index (Phi) is 8.92. The molecule has 0 aromatic rings. The maximum absolute atomic E-state index is 11.9. The van der Waals surface area contributed by atoms with E-state index in [1.807, 2.05) is 20.8 Å². The van der Waals surface area contributed by atoms with Gasteiger partial charge in [-0.1, -0.05) is 13.8 Å². The monoisotopic (exact) mass is 327 g/mol. The Morgan fingerprint density at radius 2 is 2.00 bits per heavy atom. The molecule has 1 aliphatic heterocycles. The highest BCUT2D eigenvalue weighted by Crippen LogP contribution is 2.12. The van der Waals surface area contributed by atoms with E-state index >= 15 is 0 Å². The van der Waals surface area contributed by atoms with Crippen molar-refractivity contribution in [2.45, 2.75) is 84.4 Å². The summed E-state index contributed by atoms with van der Waals surface area (Å²) in [5.41, 5.74) is -0.445. The molecule has 0 spiro atoms. The van der Waals surface area contributed by atoms with Crippen LogP contribution in [0.5, 0.6) is 0 Å². The van der Waals surface area contributed by atoms with Crippen LogP contribution in [-0.2, 0) is 4.74 Å². The van der Waals surface area contributed by atoms with Gasteiger partial charge in [-0.15, -0.1) is 0 Å². The standard InChI is InChI=1S/C18H37N3O2/c1-6-11-21-12-8-9-16(10-13-21)19-14-15(7-2)20-17(22)23-18(3,4)5/h15-16,19H,6-14H2,1-5H3,(H,20,22). The lowest BCUT2D eigenvalue weighted by atomic mass is 10.1. The first-order valence-corrected chi connectivity index (χ1v) is 9.29. The predicted molar refractivity (Wildman–Crippen MR) is 95.8 cm³/mol. The second kappa shape index (κ2) is 10.1. The van der Waals surface area contributed by atoms with E-state index in [1.54, 1.807) is 0 Å². The van der Waals surface area contributed by atoms with Crippen LogP contribution in [-0.4, -0.2) is 54.9 Å². The van der Waals surface area contributed by atoms with E-state index in [0.29, 0.717) is 6.04 Å². The number of likely N-dealkylation sites (tertiary alicyclic amines) is 1. The van der Waals surface area contributed by atoms with E-state index in [-0.39, 0.29) is 12.1 Å². The Bertz CT molecular complexity index is 342. The summed E-state index contributed by atoms with van der Waals surface area (Å²) in [5, 5.41) is 6.62. The van der Waals surface area contributed by atoms with Crippen molar-refractivity contribution in [3.05, 3.63) is 0 Å². The van der Waals surface area contributed by atoms with Crippen molar-refractivity contribution < 1.29 is 9.53 Å². The minimum Gasteiger partial charge on any atom is -0.444 e. The van der Waals surface area contributed by atoms with Gasteiger partial charge in [-0.3, -0.25) is 0 Å². The van der Waals surface area contributed by atoms with Crippen molar-refractivity contribution in [2.75, 3.05) is 26.2 Å². The van der Waals surface area contributed by atoms with E-state index in [2.05, 4.69) is 29.4 Å². The molecule has 1 rings (SSSR count). The van der Waals surface area contributed by atoms with E-state index in [1.165, 1.54) is 45.3 Å². The topological polar surface area (TPSA) is 53.6 Å². The number of carbonyl (C=O) groups excluding carboxylic acids is 1. The van der Waals surface area contributed by atoms with Gasteiger partial charge in [0.2, 0.25) is 0 Å². The van der Waals surface area contributed by atoms with Crippen LogP contribution in [0, 0.1) is 0 Å². The van der Waals surface area contributed by atoms with Gasteiger partial charge in [0.25, 0.3) is 0 Å². The second-order valence-corrected chi connectivity index (χ2v) is 7.63. The zero-order valence-corrected chi connectivity index (χ0v) is 15.8. The Morgan fingerprint density at radius 3 is 2.61 bits per heavy atom. The van der Waals surface area contributed by atoms with Gasteiger partial charge in [0, 0.05) is 18.6 Å². The first-order chi connectivity index (χ1) is 10.8. The van der Waals surface area contributed by atoms with Crippen molar-refractivity contribution >= 4 is 6.09 Å². The number of nitrogens with one attached hydrogen (secondary N) is 2. The van der Waals surface area contributed by atoms with Crippen LogP contribution in [0.1, 0.15) is 66.7 Å². The van der Waals surface area contributed by atoms with Gasteiger partial charge < -0.3 is 20.3 Å². The molecular formula is C18H37N3O2. The van der Waals surface area contributed by atoms with Crippen LogP contribution in [0.25, 0.3) is 0 Å². The highest BCUT2D eigenvalue weighted by atomic mass is 16.6. The van der Waals surface area contributed by atoms with Crippen LogP contribution < -0.4 is 10.6 Å². The molecule has 1 heterocycles. The molecule has 136 valence electrons. The Hall–Kier alpha value is -0.810. The summed E-state index contributed by atoms with van der Waals surface area (Å²) in [7, 11) is 0. The first kappa shape index (κ1) is 20.2. The summed E-state index contributed by atoms with van der Waals surface area (Å²) in [6.45, 7) is 14.4. The van der Waals surface area contributed by atoms with E-state index in [9.17, 15) is 4.79 Å².